The van der Waals surface area contributed by atoms with Gasteiger partial charge in [-0.25, -0.2) is 0 Å². The highest BCUT2D eigenvalue weighted by Gasteiger charge is 2.22. The molecule has 1 saturated heterocycles. The van der Waals surface area contributed by atoms with E-state index in [1.54, 1.807) is 18.2 Å². The number of ether oxygens (including phenoxy) is 2. The van der Waals surface area contributed by atoms with Crippen LogP contribution in [0.15, 0.2) is 60.7 Å². The van der Waals surface area contributed by atoms with Gasteiger partial charge in [-0.05, 0) is 73.0 Å². The predicted molar refractivity (Wildman–Crippen MR) is 169 cm³/mol. The van der Waals surface area contributed by atoms with Gasteiger partial charge < -0.3 is 34.4 Å². The second-order valence-corrected chi connectivity index (χ2v) is 11.2. The number of benzene rings is 3. The molecule has 1 aliphatic heterocycles. The molecule has 4 rings (SSSR count). The van der Waals surface area contributed by atoms with Gasteiger partial charge in [0.1, 0.15) is 18.1 Å². The zero-order chi connectivity index (χ0) is 31.6. The standard InChI is InChI=1S/C34H41N3O7/c1-35(2)28-11-9-24(10-12-28)26-20-27(34(42)37-17-15-36(3)16-18-37)22-29(21-26)44-23-25-6-4-7-31(30(25)13-14-33(40)41)43-19-5-8-32(38)39/h4,6-7,9-12,20-22H,5,8,13-19,23H2,1-3H3,(H,38,39)(H,40,41). The SMILES string of the molecule is CN1CCN(C(=O)c2cc(OCc3cccc(OCCCC(=O)O)c3CCC(=O)O)cc(-c3ccc(N(C)C)cc3)c2)CC1. The lowest BCUT2D eigenvalue weighted by atomic mass is 10.0. The maximum absolute atomic E-state index is 13.6. The number of amides is 1. The lowest BCUT2D eigenvalue weighted by molar-refractivity contribution is -0.138. The van der Waals surface area contributed by atoms with Gasteiger partial charge in [-0.3, -0.25) is 14.4 Å². The maximum atomic E-state index is 13.6. The molecule has 10 nitrogen and oxygen atoms in total. The summed E-state index contributed by atoms with van der Waals surface area (Å²) in [6.07, 6.45) is 0.455. The normalized spacial score (nSPS) is 13.4. The van der Waals surface area contributed by atoms with Crippen molar-refractivity contribution in [2.24, 2.45) is 0 Å². The fourth-order valence-corrected chi connectivity index (χ4v) is 5.08. The zero-order valence-corrected chi connectivity index (χ0v) is 25.6. The minimum atomic E-state index is -0.933. The van der Waals surface area contributed by atoms with E-state index in [-0.39, 0.29) is 38.4 Å². The number of carboxylic acids is 2. The third-order valence-corrected chi connectivity index (χ3v) is 7.67. The fraction of sp³-hybridized carbons (Fsp3) is 0.382. The predicted octanol–water partition coefficient (Wildman–Crippen LogP) is 4.65. The molecule has 0 spiro atoms. The van der Waals surface area contributed by atoms with Crippen molar-refractivity contribution in [2.75, 3.05) is 58.8 Å². The van der Waals surface area contributed by atoms with Gasteiger partial charge in [0.25, 0.3) is 5.91 Å². The lowest BCUT2D eigenvalue weighted by Crippen LogP contribution is -2.47. The number of carbonyl (C=O) groups excluding carboxylic acids is 1. The molecule has 44 heavy (non-hydrogen) atoms. The van der Waals surface area contributed by atoms with Gasteiger partial charge in [0.05, 0.1) is 6.61 Å². The van der Waals surface area contributed by atoms with E-state index in [0.717, 1.165) is 35.5 Å². The largest absolute Gasteiger partial charge is 0.493 e. The number of anilines is 1. The molecule has 2 N–H and O–H groups in total. The van der Waals surface area contributed by atoms with Crippen LogP contribution < -0.4 is 14.4 Å². The van der Waals surface area contributed by atoms with Crippen molar-refractivity contribution >= 4 is 23.5 Å². The first kappa shape index (κ1) is 32.3. The van der Waals surface area contributed by atoms with Crippen LogP contribution in [-0.2, 0) is 22.6 Å². The number of hydrogen-bond donors (Lipinski definition) is 2. The molecule has 10 heteroatoms. The van der Waals surface area contributed by atoms with Gasteiger partial charge in [0.2, 0.25) is 0 Å². The van der Waals surface area contributed by atoms with Gasteiger partial charge in [-0.15, -0.1) is 0 Å². The van der Waals surface area contributed by atoms with E-state index in [0.29, 0.717) is 42.1 Å². The molecule has 0 saturated carbocycles. The summed E-state index contributed by atoms with van der Waals surface area (Å²) in [7, 11) is 6.01. The summed E-state index contributed by atoms with van der Waals surface area (Å²) in [6, 6.07) is 19.1. The number of piperazine rings is 1. The number of nitrogens with zero attached hydrogens (tertiary/aromatic N) is 3. The van der Waals surface area contributed by atoms with E-state index in [1.165, 1.54) is 0 Å². The van der Waals surface area contributed by atoms with Crippen LogP contribution in [0.4, 0.5) is 5.69 Å². The van der Waals surface area contributed by atoms with Crippen LogP contribution in [0.1, 0.15) is 40.7 Å². The van der Waals surface area contributed by atoms with Gasteiger partial charge in [-0.1, -0.05) is 24.3 Å². The number of carbonyl (C=O) groups is 3. The summed E-state index contributed by atoms with van der Waals surface area (Å²) in [5, 5.41) is 18.3. The molecule has 0 radical (unpaired) electrons. The van der Waals surface area contributed by atoms with Crippen molar-refractivity contribution in [2.45, 2.75) is 32.3 Å². The molecule has 0 atom stereocenters. The van der Waals surface area contributed by atoms with E-state index in [4.69, 9.17) is 14.6 Å². The minimum Gasteiger partial charge on any atom is -0.493 e. The van der Waals surface area contributed by atoms with Crippen molar-refractivity contribution < 1.29 is 34.1 Å². The van der Waals surface area contributed by atoms with Crippen LogP contribution in [0.5, 0.6) is 11.5 Å². The monoisotopic (exact) mass is 603 g/mol. The molecule has 0 aliphatic carbocycles. The van der Waals surface area contributed by atoms with Gasteiger partial charge in [0.15, 0.2) is 0 Å². The van der Waals surface area contributed by atoms with Crippen molar-refractivity contribution in [3.63, 3.8) is 0 Å². The van der Waals surface area contributed by atoms with Gasteiger partial charge in [-0.2, -0.15) is 0 Å². The van der Waals surface area contributed by atoms with Crippen molar-refractivity contribution in [3.05, 3.63) is 77.4 Å². The van der Waals surface area contributed by atoms with Crippen molar-refractivity contribution in [1.82, 2.24) is 9.80 Å². The quantitative estimate of drug-likeness (QED) is 0.254. The van der Waals surface area contributed by atoms with Crippen LogP contribution in [-0.4, -0.2) is 91.8 Å². The summed E-state index contributed by atoms with van der Waals surface area (Å²) in [5.74, 6) is -0.846. The Bertz CT molecular complexity index is 1450. The minimum absolute atomic E-state index is 0.0172. The Hall–Kier alpha value is -4.57. The zero-order valence-electron chi connectivity index (χ0n) is 25.6. The molecule has 1 amide bonds. The highest BCUT2D eigenvalue weighted by molar-refractivity contribution is 5.96. The number of aliphatic carboxylic acids is 2. The Morgan fingerprint density at radius 2 is 1.55 bits per heavy atom. The Balaban J connectivity index is 1.62. The molecular formula is C34H41N3O7. The second kappa shape index (κ2) is 15.2. The second-order valence-electron chi connectivity index (χ2n) is 11.2. The Morgan fingerprint density at radius 1 is 0.841 bits per heavy atom. The maximum Gasteiger partial charge on any atom is 0.303 e. The number of rotatable bonds is 14. The molecule has 0 bridgehead atoms. The molecule has 234 valence electrons. The summed E-state index contributed by atoms with van der Waals surface area (Å²) >= 11 is 0. The molecular weight excluding hydrogens is 562 g/mol. The van der Waals surface area contributed by atoms with E-state index in [1.807, 2.05) is 73.4 Å². The van der Waals surface area contributed by atoms with Crippen LogP contribution in [0.3, 0.4) is 0 Å². The number of carboxylic acid groups (broad SMARTS) is 2. The van der Waals surface area contributed by atoms with Crippen molar-refractivity contribution in [3.8, 4) is 22.6 Å². The van der Waals surface area contributed by atoms with Gasteiger partial charge >= 0.3 is 11.9 Å². The number of hydrogen-bond acceptors (Lipinski definition) is 7. The van der Waals surface area contributed by atoms with E-state index in [2.05, 4.69) is 4.90 Å². The summed E-state index contributed by atoms with van der Waals surface area (Å²) in [5.41, 5.74) is 4.87. The summed E-state index contributed by atoms with van der Waals surface area (Å²) in [4.78, 5) is 42.0. The third kappa shape index (κ3) is 8.97. The molecule has 0 aromatic heterocycles. The van der Waals surface area contributed by atoms with Crippen LogP contribution in [0.25, 0.3) is 11.1 Å². The highest BCUT2D eigenvalue weighted by Crippen LogP contribution is 2.31. The van der Waals surface area contributed by atoms with Gasteiger partial charge in [0, 0.05) is 69.9 Å². The fourth-order valence-electron chi connectivity index (χ4n) is 5.08. The Labute approximate surface area is 258 Å². The summed E-state index contributed by atoms with van der Waals surface area (Å²) in [6.45, 7) is 3.26. The van der Waals surface area contributed by atoms with Crippen LogP contribution in [0, 0.1) is 0 Å². The molecule has 1 aliphatic rings. The first-order chi connectivity index (χ1) is 21.1. The molecule has 3 aromatic rings. The van der Waals surface area contributed by atoms with Crippen LogP contribution in [0.2, 0.25) is 0 Å². The molecule has 1 heterocycles. The smallest absolute Gasteiger partial charge is 0.303 e. The lowest BCUT2D eigenvalue weighted by Gasteiger charge is -2.32. The Kier molecular flexibility index (Phi) is 11.2. The average Bonchev–Trinajstić information content (AvgIpc) is 3.01. The van der Waals surface area contributed by atoms with E-state index < -0.39 is 11.9 Å². The van der Waals surface area contributed by atoms with E-state index in [9.17, 15) is 19.5 Å². The summed E-state index contributed by atoms with van der Waals surface area (Å²) < 4.78 is 12.2. The average molecular weight is 604 g/mol. The number of likely N-dealkylation sites (N-methyl/N-ethyl adjacent to an activating group) is 1. The first-order valence-electron chi connectivity index (χ1n) is 14.8. The third-order valence-electron chi connectivity index (χ3n) is 7.67. The Morgan fingerprint density at radius 3 is 2.20 bits per heavy atom. The van der Waals surface area contributed by atoms with E-state index >= 15 is 0 Å². The molecule has 0 unspecified atom stereocenters. The molecule has 3 aromatic carbocycles. The molecule has 1 fully saturated rings. The van der Waals surface area contributed by atoms with Crippen molar-refractivity contribution in [1.29, 1.82) is 0 Å². The first-order valence-corrected chi connectivity index (χ1v) is 14.8. The highest BCUT2D eigenvalue weighted by atomic mass is 16.5. The topological polar surface area (TPSA) is 120 Å². The van der Waals surface area contributed by atoms with Crippen LogP contribution >= 0.6 is 0 Å².